The summed E-state index contributed by atoms with van der Waals surface area (Å²) in [5.41, 5.74) is 0. The Kier molecular flexibility index (Phi) is 5.61. The molecule has 0 aliphatic carbocycles. The zero-order valence-corrected chi connectivity index (χ0v) is 8.00. The zero-order chi connectivity index (χ0) is 6.41. The van der Waals surface area contributed by atoms with Gasteiger partial charge in [0.05, 0.1) is 0 Å². The minimum atomic E-state index is -0.471. The fourth-order valence-electron chi connectivity index (χ4n) is 0.600. The van der Waals surface area contributed by atoms with Gasteiger partial charge in [-0.15, -0.1) is 0 Å². The maximum atomic E-state index is 3.68. The van der Waals surface area contributed by atoms with Crippen LogP contribution in [0.1, 0.15) is 12.8 Å². The van der Waals surface area contributed by atoms with Crippen LogP contribution in [-0.4, -0.2) is 14.3 Å². The molecule has 0 atom stereocenters. The molecule has 0 saturated carbocycles. The molecule has 1 radical (unpaired) electrons. The molecule has 0 N–H and O–H groups in total. The third-order valence-electron chi connectivity index (χ3n) is 1.09. The fourth-order valence-corrected chi connectivity index (χ4v) is 2.51. The SMILES string of the molecule is C=CCC[CH2][Ge]([CH3])[CH3]. The third-order valence-corrected chi connectivity index (χ3v) is 3.92. The topological polar surface area (TPSA) is 0 Å². The van der Waals surface area contributed by atoms with Crippen molar-refractivity contribution in [3.05, 3.63) is 12.7 Å². The summed E-state index contributed by atoms with van der Waals surface area (Å²) in [6.07, 6.45) is 4.62. The first-order chi connectivity index (χ1) is 3.77. The van der Waals surface area contributed by atoms with Crippen LogP contribution in [-0.2, 0) is 0 Å². The molecule has 0 aliphatic rings. The quantitative estimate of drug-likeness (QED) is 0.347. The number of allylic oxidation sites excluding steroid dienone is 1. The van der Waals surface area contributed by atoms with Crippen LogP contribution in [0, 0.1) is 0 Å². The molecule has 0 rings (SSSR count). The van der Waals surface area contributed by atoms with Gasteiger partial charge in [-0.2, -0.15) is 0 Å². The Bertz CT molecular complexity index is 57.4. The van der Waals surface area contributed by atoms with E-state index in [0.29, 0.717) is 0 Å². The van der Waals surface area contributed by atoms with Gasteiger partial charge in [0.25, 0.3) is 0 Å². The van der Waals surface area contributed by atoms with E-state index in [4.69, 9.17) is 0 Å². The second kappa shape index (κ2) is 5.42. The summed E-state index contributed by atoms with van der Waals surface area (Å²) in [4.78, 5) is 0. The second-order valence-corrected chi connectivity index (χ2v) is 8.50. The average Bonchev–Trinajstić information content (AvgIpc) is 1.66. The van der Waals surface area contributed by atoms with Gasteiger partial charge < -0.3 is 0 Å². The van der Waals surface area contributed by atoms with Gasteiger partial charge in [0.2, 0.25) is 0 Å². The third kappa shape index (κ3) is 6.28. The molecule has 0 aromatic heterocycles. The summed E-state index contributed by atoms with van der Waals surface area (Å²) in [5, 5.41) is 1.51. The van der Waals surface area contributed by atoms with Crippen molar-refractivity contribution in [2.24, 2.45) is 0 Å². The molecule has 1 heteroatoms. The van der Waals surface area contributed by atoms with Crippen molar-refractivity contribution in [3.63, 3.8) is 0 Å². The predicted molar refractivity (Wildman–Crippen MR) is 41.7 cm³/mol. The van der Waals surface area contributed by atoms with Crippen molar-refractivity contribution in [1.82, 2.24) is 0 Å². The molecule has 0 unspecified atom stereocenters. The van der Waals surface area contributed by atoms with E-state index in [1.54, 1.807) is 0 Å². The standard InChI is InChI=1S/C7H15Ge/c1-4-5-6-7-8(2)3/h4H,1,5-7H2,2-3H3. The van der Waals surface area contributed by atoms with Crippen molar-refractivity contribution in [2.75, 3.05) is 0 Å². The van der Waals surface area contributed by atoms with Crippen LogP contribution in [0.15, 0.2) is 12.7 Å². The first-order valence-electron chi connectivity index (χ1n) is 3.17. The molecule has 0 spiro atoms. The van der Waals surface area contributed by atoms with Gasteiger partial charge in [-0.25, -0.2) is 0 Å². The average molecular weight is 172 g/mol. The molecule has 0 heterocycles. The van der Waals surface area contributed by atoms with Crippen LogP contribution in [0.3, 0.4) is 0 Å². The van der Waals surface area contributed by atoms with E-state index in [-0.39, 0.29) is 0 Å². The van der Waals surface area contributed by atoms with E-state index >= 15 is 0 Å². The van der Waals surface area contributed by atoms with Gasteiger partial charge in [0.15, 0.2) is 0 Å². The van der Waals surface area contributed by atoms with Gasteiger partial charge in [-0.1, -0.05) is 0 Å². The maximum absolute atomic E-state index is 3.68. The number of rotatable bonds is 4. The summed E-state index contributed by atoms with van der Waals surface area (Å²) in [5.74, 6) is 4.84. The van der Waals surface area contributed by atoms with Crippen molar-refractivity contribution >= 4 is 14.3 Å². The molecule has 8 heavy (non-hydrogen) atoms. The van der Waals surface area contributed by atoms with Crippen LogP contribution in [0.25, 0.3) is 0 Å². The molecule has 0 aromatic rings. The van der Waals surface area contributed by atoms with E-state index in [1.807, 2.05) is 6.08 Å². The molecule has 47 valence electrons. The normalized spacial score (nSPS) is 9.88. The van der Waals surface area contributed by atoms with Gasteiger partial charge in [0, 0.05) is 0 Å². The molecule has 0 aromatic carbocycles. The number of hydrogen-bond donors (Lipinski definition) is 0. The van der Waals surface area contributed by atoms with Gasteiger partial charge in [-0.05, 0) is 0 Å². The minimum absolute atomic E-state index is 0.471. The molecule has 0 bridgehead atoms. The van der Waals surface area contributed by atoms with E-state index in [2.05, 4.69) is 18.1 Å². The van der Waals surface area contributed by atoms with Crippen LogP contribution in [0.2, 0.25) is 16.8 Å². The molecular formula is C7H15Ge. The second-order valence-electron chi connectivity index (χ2n) is 2.39. The van der Waals surface area contributed by atoms with Gasteiger partial charge >= 0.3 is 56.6 Å². The van der Waals surface area contributed by atoms with Crippen LogP contribution in [0.5, 0.6) is 0 Å². The van der Waals surface area contributed by atoms with Crippen LogP contribution < -0.4 is 0 Å². The molecule has 0 aliphatic heterocycles. The van der Waals surface area contributed by atoms with Gasteiger partial charge in [-0.3, -0.25) is 0 Å². The van der Waals surface area contributed by atoms with E-state index in [0.717, 1.165) is 0 Å². The Morgan fingerprint density at radius 1 is 1.50 bits per heavy atom. The van der Waals surface area contributed by atoms with Crippen molar-refractivity contribution in [3.8, 4) is 0 Å². The molecule has 0 nitrogen and oxygen atoms in total. The van der Waals surface area contributed by atoms with Crippen molar-refractivity contribution in [2.45, 2.75) is 29.6 Å². The van der Waals surface area contributed by atoms with E-state index in [9.17, 15) is 0 Å². The number of hydrogen-bond acceptors (Lipinski definition) is 0. The van der Waals surface area contributed by atoms with E-state index < -0.39 is 14.3 Å². The molecule has 0 fully saturated rings. The molecule has 0 saturated heterocycles. The Labute approximate surface area is 57.1 Å². The Morgan fingerprint density at radius 3 is 2.50 bits per heavy atom. The first-order valence-corrected chi connectivity index (χ1v) is 8.85. The van der Waals surface area contributed by atoms with Crippen LogP contribution >= 0.6 is 0 Å². The molecule has 0 amide bonds. The first kappa shape index (κ1) is 8.28. The zero-order valence-electron chi connectivity index (χ0n) is 5.91. The summed E-state index contributed by atoms with van der Waals surface area (Å²) in [6.45, 7) is 3.68. The number of unbranched alkanes of at least 4 members (excludes halogenated alkanes) is 1. The fraction of sp³-hybridized carbons (Fsp3) is 0.714. The van der Waals surface area contributed by atoms with Crippen molar-refractivity contribution in [1.29, 1.82) is 0 Å². The Hall–Kier alpha value is 0.283. The van der Waals surface area contributed by atoms with Crippen LogP contribution in [0.4, 0.5) is 0 Å². The summed E-state index contributed by atoms with van der Waals surface area (Å²) < 4.78 is 0. The monoisotopic (exact) mass is 173 g/mol. The Balaban J connectivity index is 2.81. The summed E-state index contributed by atoms with van der Waals surface area (Å²) in [7, 11) is 0. The van der Waals surface area contributed by atoms with Crippen molar-refractivity contribution < 1.29 is 0 Å². The predicted octanol–water partition coefficient (Wildman–Crippen LogP) is 2.71. The van der Waals surface area contributed by atoms with E-state index in [1.165, 1.54) is 18.1 Å². The summed E-state index contributed by atoms with van der Waals surface area (Å²) in [6, 6.07) is 0. The molecular weight excluding hydrogens is 157 g/mol. The summed E-state index contributed by atoms with van der Waals surface area (Å²) >= 11 is -0.471. The van der Waals surface area contributed by atoms with Gasteiger partial charge in [0.1, 0.15) is 0 Å². The Morgan fingerprint density at radius 2 is 2.12 bits per heavy atom.